The Morgan fingerprint density at radius 1 is 1.56 bits per heavy atom. The lowest BCUT2D eigenvalue weighted by Gasteiger charge is -2.15. The summed E-state index contributed by atoms with van der Waals surface area (Å²) in [5.74, 6) is 0.187. The summed E-state index contributed by atoms with van der Waals surface area (Å²) in [7, 11) is 1.42. The van der Waals surface area contributed by atoms with E-state index in [0.717, 1.165) is 0 Å². The van der Waals surface area contributed by atoms with Crippen LogP contribution in [0.25, 0.3) is 0 Å². The third-order valence-corrected chi connectivity index (χ3v) is 2.68. The number of methoxy groups -OCH3 is 1. The molecular formula is C11H14FNO3. The molecule has 1 aromatic rings. The molecule has 0 fully saturated rings. The van der Waals surface area contributed by atoms with E-state index in [1.54, 1.807) is 6.07 Å². The zero-order valence-electron chi connectivity index (χ0n) is 9.25. The first-order valence-corrected chi connectivity index (χ1v) is 5.05. The van der Waals surface area contributed by atoms with Crippen molar-refractivity contribution in [1.29, 1.82) is 0 Å². The van der Waals surface area contributed by atoms with E-state index in [0.29, 0.717) is 17.9 Å². The highest BCUT2D eigenvalue weighted by Gasteiger charge is 2.26. The second kappa shape index (κ2) is 4.17. The molecule has 0 aliphatic carbocycles. The molecule has 0 saturated carbocycles. The van der Waals surface area contributed by atoms with Crippen LogP contribution in [0.3, 0.4) is 0 Å². The number of hydrogen-bond acceptors (Lipinski definition) is 4. The highest BCUT2D eigenvalue weighted by Crippen LogP contribution is 2.43. The zero-order valence-corrected chi connectivity index (χ0v) is 9.25. The minimum Gasteiger partial charge on any atom is -0.493 e. The van der Waals surface area contributed by atoms with E-state index >= 15 is 0 Å². The minimum atomic E-state index is -0.521. The Hall–Kier alpha value is -1.49. The van der Waals surface area contributed by atoms with Crippen molar-refractivity contribution >= 4 is 0 Å². The van der Waals surface area contributed by atoms with Crippen LogP contribution in [0.5, 0.6) is 17.2 Å². The van der Waals surface area contributed by atoms with Gasteiger partial charge in [0.2, 0.25) is 18.4 Å². The Morgan fingerprint density at radius 2 is 2.31 bits per heavy atom. The van der Waals surface area contributed by atoms with E-state index in [1.165, 1.54) is 7.11 Å². The van der Waals surface area contributed by atoms with Crippen molar-refractivity contribution in [2.45, 2.75) is 12.8 Å². The highest BCUT2D eigenvalue weighted by atomic mass is 19.1. The Bertz CT molecular complexity index is 409. The number of fused-ring (bicyclic) bond motifs is 1. The molecule has 0 saturated heterocycles. The van der Waals surface area contributed by atoms with Crippen molar-refractivity contribution in [3.8, 4) is 17.2 Å². The molecule has 0 radical (unpaired) electrons. The molecule has 2 rings (SSSR count). The smallest absolute Gasteiger partial charge is 0.231 e. The van der Waals surface area contributed by atoms with Crippen LogP contribution < -0.4 is 19.9 Å². The summed E-state index contributed by atoms with van der Waals surface area (Å²) in [6.07, 6.45) is 0. The largest absolute Gasteiger partial charge is 0.493 e. The van der Waals surface area contributed by atoms with Crippen LogP contribution in [-0.4, -0.2) is 20.4 Å². The van der Waals surface area contributed by atoms with Gasteiger partial charge in [0, 0.05) is 5.56 Å². The zero-order chi connectivity index (χ0) is 11.7. The van der Waals surface area contributed by atoms with E-state index < -0.39 is 5.82 Å². The van der Waals surface area contributed by atoms with Crippen molar-refractivity contribution in [2.75, 3.05) is 20.4 Å². The van der Waals surface area contributed by atoms with Gasteiger partial charge in [-0.1, -0.05) is 6.92 Å². The molecule has 0 aromatic heterocycles. The molecule has 0 spiro atoms. The summed E-state index contributed by atoms with van der Waals surface area (Å²) >= 11 is 0. The molecule has 1 heterocycles. The van der Waals surface area contributed by atoms with Crippen molar-refractivity contribution in [3.05, 3.63) is 17.4 Å². The van der Waals surface area contributed by atoms with Crippen LogP contribution in [-0.2, 0) is 0 Å². The molecule has 1 aliphatic rings. The Morgan fingerprint density at radius 3 is 2.94 bits per heavy atom. The standard InChI is InChI=1S/C11H14FNO3/c1-6(4-13)7-3-8-11(16-5-15-8)9(12)10(7)14-2/h3,6H,4-5,13H2,1-2H3. The normalized spacial score (nSPS) is 15.0. The van der Waals surface area contributed by atoms with Crippen LogP contribution in [0.4, 0.5) is 4.39 Å². The van der Waals surface area contributed by atoms with Gasteiger partial charge in [-0.25, -0.2) is 0 Å². The van der Waals surface area contributed by atoms with E-state index in [1.807, 2.05) is 6.92 Å². The molecule has 5 heteroatoms. The molecule has 1 aromatic carbocycles. The van der Waals surface area contributed by atoms with Crippen molar-refractivity contribution < 1.29 is 18.6 Å². The Labute approximate surface area is 93.1 Å². The fourth-order valence-corrected chi connectivity index (χ4v) is 1.70. The van der Waals surface area contributed by atoms with Crippen molar-refractivity contribution in [2.24, 2.45) is 5.73 Å². The average Bonchev–Trinajstić information content (AvgIpc) is 2.76. The molecule has 1 unspecified atom stereocenters. The monoisotopic (exact) mass is 227 g/mol. The minimum absolute atomic E-state index is 0.000972. The lowest BCUT2D eigenvalue weighted by atomic mass is 9.99. The molecule has 0 bridgehead atoms. The molecule has 4 nitrogen and oxygen atoms in total. The Kier molecular flexibility index (Phi) is 2.87. The van der Waals surface area contributed by atoms with Gasteiger partial charge in [0.25, 0.3) is 0 Å². The fourth-order valence-electron chi connectivity index (χ4n) is 1.70. The number of rotatable bonds is 3. The van der Waals surface area contributed by atoms with Gasteiger partial charge in [-0.05, 0) is 18.5 Å². The molecule has 1 aliphatic heterocycles. The first-order valence-electron chi connectivity index (χ1n) is 5.05. The third-order valence-electron chi connectivity index (χ3n) is 2.68. The van der Waals surface area contributed by atoms with Crippen LogP contribution in [0.1, 0.15) is 18.4 Å². The van der Waals surface area contributed by atoms with Gasteiger partial charge >= 0.3 is 0 Å². The molecular weight excluding hydrogens is 213 g/mol. The number of hydrogen-bond donors (Lipinski definition) is 1. The number of halogens is 1. The summed E-state index contributed by atoms with van der Waals surface area (Å²) in [5, 5.41) is 0. The van der Waals surface area contributed by atoms with E-state index in [4.69, 9.17) is 19.9 Å². The van der Waals surface area contributed by atoms with Gasteiger partial charge in [0.1, 0.15) is 0 Å². The van der Waals surface area contributed by atoms with Gasteiger partial charge < -0.3 is 19.9 Å². The predicted molar refractivity (Wildman–Crippen MR) is 56.5 cm³/mol. The van der Waals surface area contributed by atoms with Crippen molar-refractivity contribution in [3.63, 3.8) is 0 Å². The maximum Gasteiger partial charge on any atom is 0.231 e. The molecule has 0 amide bonds. The van der Waals surface area contributed by atoms with Crippen molar-refractivity contribution in [1.82, 2.24) is 0 Å². The van der Waals surface area contributed by atoms with Crippen LogP contribution in [0.2, 0.25) is 0 Å². The lowest BCUT2D eigenvalue weighted by molar-refractivity contribution is 0.170. The second-order valence-electron chi connectivity index (χ2n) is 3.68. The summed E-state index contributed by atoms with van der Waals surface area (Å²) in [6.45, 7) is 2.35. The summed E-state index contributed by atoms with van der Waals surface area (Å²) in [6, 6.07) is 1.72. The van der Waals surface area contributed by atoms with E-state index in [-0.39, 0.29) is 24.2 Å². The van der Waals surface area contributed by atoms with E-state index in [2.05, 4.69) is 0 Å². The Balaban J connectivity index is 2.56. The number of ether oxygens (including phenoxy) is 3. The van der Waals surface area contributed by atoms with Crippen LogP contribution in [0.15, 0.2) is 6.07 Å². The SMILES string of the molecule is COc1c(C(C)CN)cc2c(c1F)OCO2. The summed E-state index contributed by atoms with van der Waals surface area (Å²) in [4.78, 5) is 0. The van der Waals surface area contributed by atoms with Crippen LogP contribution >= 0.6 is 0 Å². The first kappa shape index (κ1) is 11.0. The lowest BCUT2D eigenvalue weighted by Crippen LogP contribution is -2.11. The predicted octanol–water partition coefficient (Wildman–Crippen LogP) is 1.63. The maximum absolute atomic E-state index is 14.0. The average molecular weight is 227 g/mol. The quantitative estimate of drug-likeness (QED) is 0.852. The maximum atomic E-state index is 14.0. The summed E-state index contributed by atoms with van der Waals surface area (Å²) in [5.41, 5.74) is 6.27. The molecule has 1 atom stereocenters. The van der Waals surface area contributed by atoms with Gasteiger partial charge in [0.05, 0.1) is 7.11 Å². The van der Waals surface area contributed by atoms with Gasteiger partial charge in [-0.3, -0.25) is 0 Å². The van der Waals surface area contributed by atoms with Gasteiger partial charge in [-0.2, -0.15) is 4.39 Å². The second-order valence-corrected chi connectivity index (χ2v) is 3.68. The topological polar surface area (TPSA) is 53.7 Å². The number of nitrogens with two attached hydrogens (primary N) is 1. The highest BCUT2D eigenvalue weighted by molar-refractivity contribution is 5.54. The van der Waals surface area contributed by atoms with Crippen LogP contribution in [0, 0.1) is 5.82 Å². The van der Waals surface area contributed by atoms with Gasteiger partial charge in [0.15, 0.2) is 11.5 Å². The fraction of sp³-hybridized carbons (Fsp3) is 0.455. The first-order chi connectivity index (χ1) is 7.69. The molecule has 88 valence electrons. The molecule has 16 heavy (non-hydrogen) atoms. The third kappa shape index (κ3) is 1.57. The number of benzene rings is 1. The van der Waals surface area contributed by atoms with E-state index in [9.17, 15) is 4.39 Å². The molecule has 2 N–H and O–H groups in total. The van der Waals surface area contributed by atoms with Gasteiger partial charge in [-0.15, -0.1) is 0 Å². The summed E-state index contributed by atoms with van der Waals surface area (Å²) < 4.78 is 29.2.